The van der Waals surface area contributed by atoms with E-state index in [4.69, 9.17) is 0 Å². The minimum atomic E-state index is 0.164. The molecule has 0 amide bonds. The third-order valence-corrected chi connectivity index (χ3v) is 5.09. The van der Waals surface area contributed by atoms with Crippen molar-refractivity contribution in [2.24, 2.45) is 5.41 Å². The number of rotatable bonds is 4. The standard InChI is InChI=1S/C14H24N2OS/c1-11-10-18-13(17)16(11)9-8-15-12-6-4-5-7-14(12,2)3/h10,12,15H,4-9H2,1-3H3/t12-/m1/s1. The van der Waals surface area contributed by atoms with Gasteiger partial charge in [-0.15, -0.1) is 0 Å². The van der Waals surface area contributed by atoms with E-state index in [0.717, 1.165) is 18.8 Å². The van der Waals surface area contributed by atoms with Gasteiger partial charge in [0, 0.05) is 30.2 Å². The van der Waals surface area contributed by atoms with Crippen LogP contribution in [-0.4, -0.2) is 17.2 Å². The number of hydrogen-bond acceptors (Lipinski definition) is 3. The summed E-state index contributed by atoms with van der Waals surface area (Å²) in [5.41, 5.74) is 1.47. The zero-order chi connectivity index (χ0) is 13.2. The van der Waals surface area contributed by atoms with Crippen LogP contribution in [0.15, 0.2) is 10.2 Å². The maximum absolute atomic E-state index is 11.6. The molecular formula is C14H24N2OS. The maximum atomic E-state index is 11.6. The van der Waals surface area contributed by atoms with E-state index in [-0.39, 0.29) is 4.87 Å². The van der Waals surface area contributed by atoms with Crippen LogP contribution >= 0.6 is 11.3 Å². The van der Waals surface area contributed by atoms with Crippen molar-refractivity contribution in [3.63, 3.8) is 0 Å². The highest BCUT2D eigenvalue weighted by molar-refractivity contribution is 7.07. The van der Waals surface area contributed by atoms with E-state index in [1.165, 1.54) is 37.0 Å². The predicted molar refractivity (Wildman–Crippen MR) is 77.4 cm³/mol. The van der Waals surface area contributed by atoms with E-state index in [9.17, 15) is 4.79 Å². The zero-order valence-electron chi connectivity index (χ0n) is 11.7. The Labute approximate surface area is 113 Å². The molecule has 1 aromatic heterocycles. The fraction of sp³-hybridized carbons (Fsp3) is 0.786. The van der Waals surface area contributed by atoms with Crippen LogP contribution in [0.3, 0.4) is 0 Å². The first-order valence-electron chi connectivity index (χ1n) is 6.89. The lowest BCUT2D eigenvalue weighted by Gasteiger charge is -2.39. The second-order valence-corrected chi connectivity index (χ2v) is 6.86. The molecule has 0 bridgehead atoms. The molecule has 1 fully saturated rings. The fourth-order valence-corrected chi connectivity index (χ4v) is 3.66. The average Bonchev–Trinajstić information content (AvgIpc) is 2.62. The molecule has 1 atom stereocenters. The van der Waals surface area contributed by atoms with Crippen LogP contribution in [0.1, 0.15) is 45.2 Å². The Morgan fingerprint density at radius 3 is 2.89 bits per heavy atom. The van der Waals surface area contributed by atoms with Crippen molar-refractivity contribution in [2.75, 3.05) is 6.54 Å². The average molecular weight is 268 g/mol. The summed E-state index contributed by atoms with van der Waals surface area (Å²) in [5.74, 6) is 0. The van der Waals surface area contributed by atoms with E-state index >= 15 is 0 Å². The molecule has 0 unspecified atom stereocenters. The van der Waals surface area contributed by atoms with Gasteiger partial charge in [0.15, 0.2) is 0 Å². The second-order valence-electron chi connectivity index (χ2n) is 6.04. The summed E-state index contributed by atoms with van der Waals surface area (Å²) in [5, 5.41) is 5.59. The second kappa shape index (κ2) is 5.57. The Morgan fingerprint density at radius 2 is 2.28 bits per heavy atom. The van der Waals surface area contributed by atoms with E-state index < -0.39 is 0 Å². The van der Waals surface area contributed by atoms with Crippen molar-refractivity contribution in [1.82, 2.24) is 9.88 Å². The SMILES string of the molecule is Cc1csc(=O)n1CCN[C@@H]1CCCCC1(C)C. The molecular weight excluding hydrogens is 244 g/mol. The lowest BCUT2D eigenvalue weighted by atomic mass is 9.73. The van der Waals surface area contributed by atoms with Crippen LogP contribution < -0.4 is 10.2 Å². The van der Waals surface area contributed by atoms with Crippen molar-refractivity contribution in [3.05, 3.63) is 20.7 Å². The van der Waals surface area contributed by atoms with Crippen LogP contribution in [0.25, 0.3) is 0 Å². The van der Waals surface area contributed by atoms with Crippen molar-refractivity contribution in [1.29, 1.82) is 0 Å². The van der Waals surface area contributed by atoms with Crippen LogP contribution in [0.2, 0.25) is 0 Å². The molecule has 1 heterocycles. The van der Waals surface area contributed by atoms with Crippen LogP contribution in [0.5, 0.6) is 0 Å². The van der Waals surface area contributed by atoms with Gasteiger partial charge in [-0.2, -0.15) is 0 Å². The topological polar surface area (TPSA) is 34.0 Å². The summed E-state index contributed by atoms with van der Waals surface area (Å²) in [6.07, 6.45) is 5.26. The summed E-state index contributed by atoms with van der Waals surface area (Å²) in [7, 11) is 0. The smallest absolute Gasteiger partial charge is 0.307 e. The lowest BCUT2D eigenvalue weighted by molar-refractivity contribution is 0.167. The Kier molecular flexibility index (Phi) is 4.28. The Bertz CT molecular complexity index is 447. The molecule has 1 N–H and O–H groups in total. The highest BCUT2D eigenvalue weighted by Crippen LogP contribution is 2.35. The first-order chi connectivity index (χ1) is 8.50. The summed E-state index contributed by atoms with van der Waals surface area (Å²) < 4.78 is 1.87. The Morgan fingerprint density at radius 1 is 1.50 bits per heavy atom. The first kappa shape index (κ1) is 13.8. The number of hydrogen-bond donors (Lipinski definition) is 1. The van der Waals surface area contributed by atoms with Crippen molar-refractivity contribution in [3.8, 4) is 0 Å². The Balaban J connectivity index is 1.87. The van der Waals surface area contributed by atoms with Crippen molar-refractivity contribution in [2.45, 2.75) is 59.0 Å². The van der Waals surface area contributed by atoms with Gasteiger partial charge in [0.25, 0.3) is 0 Å². The lowest BCUT2D eigenvalue weighted by Crippen LogP contribution is -2.45. The van der Waals surface area contributed by atoms with Gasteiger partial charge >= 0.3 is 4.87 Å². The molecule has 18 heavy (non-hydrogen) atoms. The molecule has 3 nitrogen and oxygen atoms in total. The molecule has 2 rings (SSSR count). The normalized spacial score (nSPS) is 23.2. The van der Waals surface area contributed by atoms with Crippen molar-refractivity contribution >= 4 is 11.3 Å². The fourth-order valence-electron chi connectivity index (χ4n) is 2.90. The predicted octanol–water partition coefficient (Wildman–Crippen LogP) is 2.78. The van der Waals surface area contributed by atoms with Gasteiger partial charge in [-0.1, -0.05) is 38.0 Å². The molecule has 0 aliphatic heterocycles. The highest BCUT2D eigenvalue weighted by atomic mass is 32.1. The minimum absolute atomic E-state index is 0.164. The largest absolute Gasteiger partial charge is 0.312 e. The summed E-state index contributed by atoms with van der Waals surface area (Å²) in [6, 6.07) is 0.598. The van der Waals surface area contributed by atoms with Crippen LogP contribution in [0.4, 0.5) is 0 Å². The molecule has 1 aliphatic rings. The molecule has 0 radical (unpaired) electrons. The third-order valence-electron chi connectivity index (χ3n) is 4.21. The van der Waals surface area contributed by atoms with Gasteiger partial charge in [0.2, 0.25) is 0 Å². The van der Waals surface area contributed by atoms with Crippen LogP contribution in [0, 0.1) is 12.3 Å². The highest BCUT2D eigenvalue weighted by Gasteiger charge is 2.31. The molecule has 4 heteroatoms. The molecule has 102 valence electrons. The van der Waals surface area contributed by atoms with E-state index in [1.807, 2.05) is 16.9 Å². The van der Waals surface area contributed by atoms with E-state index in [0.29, 0.717) is 11.5 Å². The van der Waals surface area contributed by atoms with Gasteiger partial charge < -0.3 is 9.88 Å². The van der Waals surface area contributed by atoms with Crippen LogP contribution in [-0.2, 0) is 6.54 Å². The molecule has 1 aromatic rings. The molecule has 1 aliphatic carbocycles. The van der Waals surface area contributed by atoms with Gasteiger partial charge in [0.1, 0.15) is 0 Å². The number of thiazole rings is 1. The first-order valence-corrected chi connectivity index (χ1v) is 7.77. The molecule has 0 spiro atoms. The van der Waals surface area contributed by atoms with E-state index in [1.54, 1.807) is 0 Å². The molecule has 0 saturated heterocycles. The number of aryl methyl sites for hydroxylation is 1. The van der Waals surface area contributed by atoms with Gasteiger partial charge in [-0.25, -0.2) is 0 Å². The molecule has 0 aromatic carbocycles. The van der Waals surface area contributed by atoms with Gasteiger partial charge in [-0.05, 0) is 25.2 Å². The monoisotopic (exact) mass is 268 g/mol. The zero-order valence-corrected chi connectivity index (χ0v) is 12.5. The van der Waals surface area contributed by atoms with Crippen molar-refractivity contribution < 1.29 is 0 Å². The summed E-state index contributed by atoms with van der Waals surface area (Å²) >= 11 is 1.30. The Hall–Kier alpha value is -0.610. The number of aromatic nitrogens is 1. The van der Waals surface area contributed by atoms with Gasteiger partial charge in [0.05, 0.1) is 0 Å². The number of nitrogens with zero attached hydrogens (tertiary/aromatic N) is 1. The quantitative estimate of drug-likeness (QED) is 0.911. The van der Waals surface area contributed by atoms with Gasteiger partial charge in [-0.3, -0.25) is 4.79 Å². The third kappa shape index (κ3) is 3.04. The maximum Gasteiger partial charge on any atom is 0.307 e. The molecule has 1 saturated carbocycles. The minimum Gasteiger partial charge on any atom is -0.312 e. The summed E-state index contributed by atoms with van der Waals surface area (Å²) in [6.45, 7) is 8.40. The van der Waals surface area contributed by atoms with E-state index in [2.05, 4.69) is 19.2 Å². The number of nitrogens with one attached hydrogen (secondary N) is 1. The summed E-state index contributed by atoms with van der Waals surface area (Å²) in [4.78, 5) is 11.8.